The lowest BCUT2D eigenvalue weighted by molar-refractivity contribution is 0.0999. The lowest BCUT2D eigenvalue weighted by atomic mass is 9.74. The Labute approximate surface area is 165 Å². The normalized spacial score (nSPS) is 23.6. The molecule has 0 aromatic heterocycles. The van der Waals surface area contributed by atoms with Gasteiger partial charge in [0.1, 0.15) is 11.9 Å². The van der Waals surface area contributed by atoms with E-state index >= 15 is 0 Å². The Balaban J connectivity index is 1.84. The highest BCUT2D eigenvalue weighted by Gasteiger charge is 2.47. The fraction of sp³-hybridized carbons (Fsp3) is 0.381. The molecule has 2 atom stereocenters. The van der Waals surface area contributed by atoms with E-state index in [1.165, 1.54) is 0 Å². The summed E-state index contributed by atoms with van der Waals surface area (Å²) in [6, 6.07) is 8.31. The van der Waals surface area contributed by atoms with Gasteiger partial charge in [0.2, 0.25) is 15.7 Å². The van der Waals surface area contributed by atoms with Crippen LogP contribution in [0.4, 0.5) is 0 Å². The highest BCUT2D eigenvalue weighted by molar-refractivity contribution is 7.91. The molecule has 7 heteroatoms. The molecule has 2 aromatic rings. The summed E-state index contributed by atoms with van der Waals surface area (Å²) < 4.78 is 33.0. The summed E-state index contributed by atoms with van der Waals surface area (Å²) >= 11 is 0. The third-order valence-electron chi connectivity index (χ3n) is 6.15. The van der Waals surface area contributed by atoms with Gasteiger partial charge >= 0.3 is 0 Å². The molecule has 148 valence electrons. The maximum absolute atomic E-state index is 13.4. The Kier molecular flexibility index (Phi) is 4.28. The van der Waals surface area contributed by atoms with Crippen LogP contribution >= 0.6 is 0 Å². The van der Waals surface area contributed by atoms with Crippen LogP contribution in [0.1, 0.15) is 40.4 Å². The molecule has 1 amide bonds. The molecule has 0 bridgehead atoms. The number of ether oxygens (including phenoxy) is 1. The SMILES string of the molecule is Cc1ccc(C(N)=O)c(C)c1S(=O)(=O)c1ccc2c(c1)OC1CNCCC21C. The minimum Gasteiger partial charge on any atom is -0.488 e. The molecule has 6 nitrogen and oxygen atoms in total. The van der Waals surface area contributed by atoms with Gasteiger partial charge < -0.3 is 15.8 Å². The van der Waals surface area contributed by atoms with Crippen molar-refractivity contribution >= 4 is 15.7 Å². The summed E-state index contributed by atoms with van der Waals surface area (Å²) in [5, 5.41) is 3.33. The number of primary amides is 1. The van der Waals surface area contributed by atoms with Gasteiger partial charge in [0.05, 0.1) is 9.79 Å². The van der Waals surface area contributed by atoms with Crippen molar-refractivity contribution in [2.24, 2.45) is 5.73 Å². The Hall–Kier alpha value is -2.38. The van der Waals surface area contributed by atoms with Crippen molar-refractivity contribution in [1.29, 1.82) is 0 Å². The van der Waals surface area contributed by atoms with Crippen LogP contribution in [0.15, 0.2) is 40.1 Å². The van der Waals surface area contributed by atoms with Crippen LogP contribution in [0, 0.1) is 13.8 Å². The number of hydrogen-bond donors (Lipinski definition) is 2. The molecule has 3 N–H and O–H groups in total. The predicted molar refractivity (Wildman–Crippen MR) is 106 cm³/mol. The fourth-order valence-corrected chi connectivity index (χ4v) is 6.22. The maximum atomic E-state index is 13.4. The number of benzene rings is 2. The molecular weight excluding hydrogens is 376 g/mol. The van der Waals surface area contributed by atoms with E-state index in [2.05, 4.69) is 12.2 Å². The Morgan fingerprint density at radius 3 is 2.71 bits per heavy atom. The number of amides is 1. The van der Waals surface area contributed by atoms with Gasteiger partial charge in [0.15, 0.2) is 0 Å². The van der Waals surface area contributed by atoms with E-state index in [9.17, 15) is 13.2 Å². The van der Waals surface area contributed by atoms with Gasteiger partial charge in [-0.3, -0.25) is 4.79 Å². The summed E-state index contributed by atoms with van der Waals surface area (Å²) in [5.74, 6) is -0.0191. The van der Waals surface area contributed by atoms with Crippen LogP contribution in [-0.2, 0) is 15.3 Å². The van der Waals surface area contributed by atoms with Crippen LogP contribution in [0.3, 0.4) is 0 Å². The molecule has 0 spiro atoms. The van der Waals surface area contributed by atoms with E-state index in [1.807, 2.05) is 6.07 Å². The third kappa shape index (κ3) is 2.64. The number of nitrogens with one attached hydrogen (secondary N) is 1. The zero-order valence-corrected chi connectivity index (χ0v) is 17.0. The Morgan fingerprint density at radius 2 is 2.00 bits per heavy atom. The second-order valence-corrected chi connectivity index (χ2v) is 9.77. The van der Waals surface area contributed by atoms with Crippen LogP contribution < -0.4 is 15.8 Å². The largest absolute Gasteiger partial charge is 0.488 e. The van der Waals surface area contributed by atoms with Crippen LogP contribution in [-0.4, -0.2) is 33.5 Å². The molecule has 1 fully saturated rings. The molecule has 2 unspecified atom stereocenters. The van der Waals surface area contributed by atoms with Crippen LogP contribution in [0.25, 0.3) is 0 Å². The molecule has 4 rings (SSSR count). The van der Waals surface area contributed by atoms with E-state index in [4.69, 9.17) is 10.5 Å². The molecule has 0 aliphatic carbocycles. The lowest BCUT2D eigenvalue weighted by Gasteiger charge is -2.35. The number of carbonyl (C=O) groups is 1. The first-order valence-corrected chi connectivity index (χ1v) is 10.8. The van der Waals surface area contributed by atoms with Gasteiger partial charge in [-0.2, -0.15) is 0 Å². The second-order valence-electron chi connectivity index (χ2n) is 7.89. The minimum absolute atomic E-state index is 0.00383. The molecule has 0 saturated carbocycles. The lowest BCUT2D eigenvalue weighted by Crippen LogP contribution is -2.49. The third-order valence-corrected chi connectivity index (χ3v) is 8.19. The summed E-state index contributed by atoms with van der Waals surface area (Å²) in [4.78, 5) is 12.0. The summed E-state index contributed by atoms with van der Waals surface area (Å²) in [6.45, 7) is 7.16. The number of piperidine rings is 1. The maximum Gasteiger partial charge on any atom is 0.249 e. The summed E-state index contributed by atoms with van der Waals surface area (Å²) in [6.07, 6.45) is 0.936. The van der Waals surface area contributed by atoms with Gasteiger partial charge in [0.25, 0.3) is 0 Å². The van der Waals surface area contributed by atoms with Crippen molar-refractivity contribution < 1.29 is 17.9 Å². The number of hydrogen-bond acceptors (Lipinski definition) is 5. The Bertz CT molecular complexity index is 1090. The topological polar surface area (TPSA) is 98.5 Å². The van der Waals surface area contributed by atoms with E-state index in [-0.39, 0.29) is 26.9 Å². The van der Waals surface area contributed by atoms with Crippen molar-refractivity contribution in [3.63, 3.8) is 0 Å². The van der Waals surface area contributed by atoms with E-state index in [0.29, 0.717) is 16.9 Å². The van der Waals surface area contributed by atoms with Crippen LogP contribution in [0.5, 0.6) is 5.75 Å². The van der Waals surface area contributed by atoms with Gasteiger partial charge in [0, 0.05) is 23.1 Å². The average Bonchev–Trinajstić information content (AvgIpc) is 2.93. The highest BCUT2D eigenvalue weighted by Crippen LogP contribution is 2.47. The molecule has 2 aliphatic heterocycles. The van der Waals surface area contributed by atoms with Gasteiger partial charge in [-0.1, -0.05) is 19.1 Å². The van der Waals surface area contributed by atoms with Crippen molar-refractivity contribution in [1.82, 2.24) is 5.32 Å². The number of aryl methyl sites for hydroxylation is 1. The molecule has 2 aromatic carbocycles. The fourth-order valence-electron chi connectivity index (χ4n) is 4.47. The molecular formula is C21H24N2O4S. The number of carbonyl (C=O) groups excluding carboxylic acids is 1. The minimum atomic E-state index is -3.83. The van der Waals surface area contributed by atoms with Crippen molar-refractivity contribution in [3.8, 4) is 5.75 Å². The molecule has 2 aliphatic rings. The first-order valence-electron chi connectivity index (χ1n) is 9.33. The molecule has 0 radical (unpaired) electrons. The quantitative estimate of drug-likeness (QED) is 0.823. The number of rotatable bonds is 3. The zero-order valence-electron chi connectivity index (χ0n) is 16.2. The van der Waals surface area contributed by atoms with Crippen molar-refractivity contribution in [3.05, 3.63) is 52.6 Å². The standard InChI is InChI=1S/C21H24N2O4S/c1-12-4-6-15(20(22)24)13(2)19(12)28(25,26)14-5-7-16-17(10-14)27-18-11-23-9-8-21(16,18)3/h4-7,10,18,23H,8-9,11H2,1-3H3,(H2,22,24). The second kappa shape index (κ2) is 6.32. The molecule has 28 heavy (non-hydrogen) atoms. The monoisotopic (exact) mass is 400 g/mol. The van der Waals surface area contributed by atoms with E-state index in [1.54, 1.807) is 38.1 Å². The van der Waals surface area contributed by atoms with Gasteiger partial charge in [-0.15, -0.1) is 0 Å². The predicted octanol–water partition coefficient (Wildman–Crippen LogP) is 2.25. The zero-order chi connectivity index (χ0) is 20.3. The molecule has 1 saturated heterocycles. The van der Waals surface area contributed by atoms with Crippen LogP contribution in [0.2, 0.25) is 0 Å². The number of fused-ring (bicyclic) bond motifs is 3. The number of nitrogens with two attached hydrogens (primary N) is 1. The first-order chi connectivity index (χ1) is 13.2. The summed E-state index contributed by atoms with van der Waals surface area (Å²) in [5.41, 5.74) is 7.52. The van der Waals surface area contributed by atoms with Gasteiger partial charge in [-0.25, -0.2) is 8.42 Å². The Morgan fingerprint density at radius 1 is 1.25 bits per heavy atom. The van der Waals surface area contributed by atoms with Crippen molar-refractivity contribution in [2.45, 2.75) is 48.5 Å². The average molecular weight is 401 g/mol. The van der Waals surface area contributed by atoms with Crippen molar-refractivity contribution in [2.75, 3.05) is 13.1 Å². The number of sulfone groups is 1. The van der Waals surface area contributed by atoms with E-state index in [0.717, 1.165) is 25.1 Å². The van der Waals surface area contributed by atoms with Gasteiger partial charge in [-0.05, 0) is 56.1 Å². The first kappa shape index (κ1) is 19.0. The van der Waals surface area contributed by atoms with E-state index < -0.39 is 15.7 Å². The highest BCUT2D eigenvalue weighted by atomic mass is 32.2. The summed E-state index contributed by atoms with van der Waals surface area (Å²) in [7, 11) is -3.83. The smallest absolute Gasteiger partial charge is 0.249 e. The molecule has 2 heterocycles.